The minimum absolute atomic E-state index is 0.606. The second kappa shape index (κ2) is 3.12. The average Bonchev–Trinajstić information content (AvgIpc) is 1.88. The number of aromatic nitrogens is 1. The minimum atomic E-state index is -1.41. The first-order chi connectivity index (χ1) is 4.70. The topological polar surface area (TPSA) is 30.0 Å². The summed E-state index contributed by atoms with van der Waals surface area (Å²) in [5.74, 6) is 0. The van der Waals surface area contributed by atoms with Gasteiger partial charge in [0.25, 0.3) is 0 Å². The van der Waals surface area contributed by atoms with Crippen molar-refractivity contribution in [3.05, 3.63) is 24.0 Å². The van der Waals surface area contributed by atoms with Crippen molar-refractivity contribution in [3.8, 4) is 0 Å². The molecule has 0 bridgehead atoms. The van der Waals surface area contributed by atoms with E-state index in [1.165, 1.54) is 0 Å². The highest BCUT2D eigenvalue weighted by atomic mass is 35.7. The van der Waals surface area contributed by atoms with Gasteiger partial charge in [-0.15, -0.1) is 0 Å². The van der Waals surface area contributed by atoms with Crippen molar-refractivity contribution < 1.29 is 4.21 Å². The maximum Gasteiger partial charge on any atom is 0.147 e. The molecule has 0 fully saturated rings. The van der Waals surface area contributed by atoms with Gasteiger partial charge in [-0.05, 0) is 29.7 Å². The molecular weight excluding hydrogens is 170 g/mol. The highest BCUT2D eigenvalue weighted by Crippen LogP contribution is 2.08. The van der Waals surface area contributed by atoms with Crippen molar-refractivity contribution in [2.45, 2.75) is 11.8 Å². The summed E-state index contributed by atoms with van der Waals surface area (Å²) in [5.41, 5.74) is 0.825. The van der Waals surface area contributed by atoms with E-state index in [0.717, 1.165) is 5.69 Å². The molecule has 1 aromatic heterocycles. The Balaban J connectivity index is 3.07. The monoisotopic (exact) mass is 175 g/mol. The first-order valence-corrected chi connectivity index (χ1v) is 4.68. The van der Waals surface area contributed by atoms with Gasteiger partial charge < -0.3 is 0 Å². The second-order valence-electron chi connectivity index (χ2n) is 1.86. The van der Waals surface area contributed by atoms with E-state index in [-0.39, 0.29) is 0 Å². The van der Waals surface area contributed by atoms with Crippen LogP contribution in [0.4, 0.5) is 0 Å². The Labute approximate surface area is 66.2 Å². The first-order valence-electron chi connectivity index (χ1n) is 2.71. The first kappa shape index (κ1) is 7.69. The molecule has 54 valence electrons. The van der Waals surface area contributed by atoms with E-state index in [9.17, 15) is 4.21 Å². The molecule has 1 rings (SSSR count). The second-order valence-corrected chi connectivity index (χ2v) is 3.62. The smallest absolute Gasteiger partial charge is 0.147 e. The molecule has 0 aliphatic rings. The molecule has 0 aliphatic carbocycles. The third-order valence-corrected chi connectivity index (χ3v) is 2.21. The highest BCUT2D eigenvalue weighted by molar-refractivity contribution is 8.08. The van der Waals surface area contributed by atoms with Crippen LogP contribution in [0.3, 0.4) is 0 Å². The zero-order chi connectivity index (χ0) is 7.56. The summed E-state index contributed by atoms with van der Waals surface area (Å²) >= 11 is 0. The van der Waals surface area contributed by atoms with E-state index in [0.29, 0.717) is 4.90 Å². The van der Waals surface area contributed by atoms with Crippen LogP contribution < -0.4 is 0 Å². The van der Waals surface area contributed by atoms with Gasteiger partial charge in [-0.25, -0.2) is 4.21 Å². The molecule has 1 aromatic rings. The van der Waals surface area contributed by atoms with Crippen LogP contribution in [0.5, 0.6) is 0 Å². The van der Waals surface area contributed by atoms with Crippen molar-refractivity contribution in [1.29, 1.82) is 0 Å². The number of pyridine rings is 1. The van der Waals surface area contributed by atoms with E-state index in [1.807, 2.05) is 6.92 Å². The normalized spacial score (nSPS) is 13.0. The van der Waals surface area contributed by atoms with Crippen LogP contribution in [0, 0.1) is 6.92 Å². The van der Waals surface area contributed by atoms with Crippen molar-refractivity contribution >= 4 is 20.7 Å². The standard InChI is InChI=1S/C6H6ClNOS/c1-5-4-6(10(7)9)2-3-8-5/h2-4H,1H3. The van der Waals surface area contributed by atoms with Gasteiger partial charge in [0.2, 0.25) is 0 Å². The van der Waals surface area contributed by atoms with Crippen molar-refractivity contribution in [1.82, 2.24) is 4.98 Å². The Morgan fingerprint density at radius 1 is 1.70 bits per heavy atom. The lowest BCUT2D eigenvalue weighted by atomic mass is 10.4. The van der Waals surface area contributed by atoms with Gasteiger partial charge in [-0.2, -0.15) is 0 Å². The number of aryl methyl sites for hydroxylation is 1. The molecule has 2 nitrogen and oxygen atoms in total. The summed E-state index contributed by atoms with van der Waals surface area (Å²) in [6.45, 7) is 1.83. The molecule has 0 saturated heterocycles. The molecule has 0 N–H and O–H groups in total. The zero-order valence-corrected chi connectivity index (χ0v) is 6.95. The van der Waals surface area contributed by atoms with Crippen LogP contribution in [0.1, 0.15) is 5.69 Å². The summed E-state index contributed by atoms with van der Waals surface area (Å²) in [6.07, 6.45) is 1.59. The number of hydrogen-bond acceptors (Lipinski definition) is 2. The van der Waals surface area contributed by atoms with Gasteiger partial charge in [-0.1, -0.05) is 0 Å². The lowest BCUT2D eigenvalue weighted by Crippen LogP contribution is -1.84. The van der Waals surface area contributed by atoms with Crippen LogP contribution in [-0.2, 0) is 10.0 Å². The molecule has 1 heterocycles. The van der Waals surface area contributed by atoms with Crippen molar-refractivity contribution in [3.63, 3.8) is 0 Å². The highest BCUT2D eigenvalue weighted by Gasteiger charge is 1.97. The lowest BCUT2D eigenvalue weighted by molar-refractivity contribution is 0.691. The largest absolute Gasteiger partial charge is 0.262 e. The van der Waals surface area contributed by atoms with Crippen LogP contribution >= 0.6 is 10.7 Å². The molecule has 0 spiro atoms. The molecule has 4 heteroatoms. The van der Waals surface area contributed by atoms with Crippen LogP contribution in [-0.4, -0.2) is 9.19 Å². The summed E-state index contributed by atoms with van der Waals surface area (Å²) < 4.78 is 10.6. The summed E-state index contributed by atoms with van der Waals surface area (Å²) in [7, 11) is 3.91. The van der Waals surface area contributed by atoms with Gasteiger partial charge >= 0.3 is 0 Å². The Hall–Kier alpha value is -0.410. The molecule has 0 radical (unpaired) electrons. The Kier molecular flexibility index (Phi) is 2.40. The quantitative estimate of drug-likeness (QED) is 0.608. The summed E-state index contributed by atoms with van der Waals surface area (Å²) in [5, 5.41) is 0. The summed E-state index contributed by atoms with van der Waals surface area (Å²) in [4.78, 5) is 4.53. The SMILES string of the molecule is Cc1cc(S(=O)Cl)ccn1. The van der Waals surface area contributed by atoms with Crippen LogP contribution in [0.25, 0.3) is 0 Å². The molecule has 0 aromatic carbocycles. The Morgan fingerprint density at radius 2 is 2.40 bits per heavy atom. The van der Waals surface area contributed by atoms with Crippen molar-refractivity contribution in [2.75, 3.05) is 0 Å². The molecule has 0 saturated carbocycles. The number of nitrogens with zero attached hydrogens (tertiary/aromatic N) is 1. The molecule has 0 aliphatic heterocycles. The maximum atomic E-state index is 10.6. The van der Waals surface area contributed by atoms with E-state index < -0.39 is 10.0 Å². The Morgan fingerprint density at radius 3 is 2.80 bits per heavy atom. The van der Waals surface area contributed by atoms with Crippen LogP contribution in [0.15, 0.2) is 23.2 Å². The lowest BCUT2D eigenvalue weighted by Gasteiger charge is -1.93. The minimum Gasteiger partial charge on any atom is -0.262 e. The van der Waals surface area contributed by atoms with E-state index in [4.69, 9.17) is 10.7 Å². The zero-order valence-electron chi connectivity index (χ0n) is 5.37. The fraction of sp³-hybridized carbons (Fsp3) is 0.167. The predicted molar refractivity (Wildman–Crippen MR) is 41.2 cm³/mol. The van der Waals surface area contributed by atoms with Gasteiger partial charge in [0.1, 0.15) is 10.0 Å². The maximum absolute atomic E-state index is 10.6. The van der Waals surface area contributed by atoms with Gasteiger partial charge in [0.05, 0.1) is 4.90 Å². The average molecular weight is 176 g/mol. The van der Waals surface area contributed by atoms with Crippen molar-refractivity contribution in [2.24, 2.45) is 0 Å². The summed E-state index contributed by atoms with van der Waals surface area (Å²) in [6, 6.07) is 3.33. The number of halogens is 1. The molecule has 0 amide bonds. The van der Waals surface area contributed by atoms with Gasteiger partial charge in [0, 0.05) is 11.9 Å². The van der Waals surface area contributed by atoms with E-state index in [1.54, 1.807) is 18.3 Å². The fourth-order valence-corrected chi connectivity index (χ4v) is 1.34. The third-order valence-electron chi connectivity index (χ3n) is 1.05. The number of rotatable bonds is 1. The molecular formula is C6H6ClNOS. The fourth-order valence-electron chi connectivity index (χ4n) is 0.619. The molecule has 10 heavy (non-hydrogen) atoms. The van der Waals surface area contributed by atoms with Gasteiger partial charge in [0.15, 0.2) is 0 Å². The third kappa shape index (κ3) is 1.78. The predicted octanol–water partition coefficient (Wildman–Crippen LogP) is 1.65. The van der Waals surface area contributed by atoms with Crippen LogP contribution in [0.2, 0.25) is 0 Å². The molecule has 1 atom stereocenters. The Bertz CT molecular complexity index is 264. The van der Waals surface area contributed by atoms with E-state index in [2.05, 4.69) is 4.98 Å². The van der Waals surface area contributed by atoms with Gasteiger partial charge in [-0.3, -0.25) is 4.98 Å². The molecule has 1 unspecified atom stereocenters. The number of hydrogen-bond donors (Lipinski definition) is 0. The van der Waals surface area contributed by atoms with E-state index >= 15 is 0 Å².